The summed E-state index contributed by atoms with van der Waals surface area (Å²) in [6.07, 6.45) is 3.10. The minimum absolute atomic E-state index is 0.0558. The number of esters is 1. The quantitative estimate of drug-likeness (QED) is 0.371. The van der Waals surface area contributed by atoms with Crippen LogP contribution in [-0.4, -0.2) is 35.2 Å². The Bertz CT molecular complexity index is 1220. The maximum absolute atomic E-state index is 12.5. The molecule has 0 aliphatic carbocycles. The standard InChI is InChI=1S/C23H18BrN3O5/c1-3-30-18-12-14(10-16-21(25)27-19(26-22(16)28)9-13(2)32-27)11-17(24)20(18)31-23(29)15-7-5-4-6-8-15/h4-12,25H,3H2,1-2H3/b16-10-,25-21?. The number of carbonyl (C=O) groups is 2. The zero-order chi connectivity index (χ0) is 22.8. The number of benzene rings is 2. The Morgan fingerprint density at radius 1 is 1.28 bits per heavy atom. The number of allylic oxidation sites excluding steroid dienone is 1. The Morgan fingerprint density at radius 3 is 2.75 bits per heavy atom. The van der Waals surface area contributed by atoms with Gasteiger partial charge in [-0.2, -0.15) is 4.99 Å². The molecule has 1 amide bonds. The predicted octanol–water partition coefficient (Wildman–Crippen LogP) is 4.52. The maximum Gasteiger partial charge on any atom is 0.343 e. The average molecular weight is 496 g/mol. The van der Waals surface area contributed by atoms with Crippen molar-refractivity contribution in [2.75, 3.05) is 6.61 Å². The molecule has 2 aliphatic heterocycles. The zero-order valence-electron chi connectivity index (χ0n) is 17.2. The van der Waals surface area contributed by atoms with E-state index in [-0.39, 0.29) is 23.0 Å². The molecule has 0 saturated carbocycles. The minimum atomic E-state index is -0.551. The molecular weight excluding hydrogens is 478 g/mol. The largest absolute Gasteiger partial charge is 0.490 e. The van der Waals surface area contributed by atoms with Crippen LogP contribution in [0.3, 0.4) is 0 Å². The van der Waals surface area contributed by atoms with Crippen molar-refractivity contribution in [3.8, 4) is 11.5 Å². The Hall–Kier alpha value is -3.72. The summed E-state index contributed by atoms with van der Waals surface area (Å²) in [6.45, 7) is 3.85. The molecule has 0 bridgehead atoms. The Balaban J connectivity index is 1.67. The lowest BCUT2D eigenvalue weighted by atomic mass is 10.1. The van der Waals surface area contributed by atoms with E-state index < -0.39 is 11.9 Å². The van der Waals surface area contributed by atoms with Crippen molar-refractivity contribution in [1.82, 2.24) is 5.06 Å². The SMILES string of the molecule is CCOc1cc(/C=C2/C(=N)N3OC(C)=CC3=NC2=O)cc(Br)c1OC(=O)c1ccccc1. The van der Waals surface area contributed by atoms with Crippen molar-refractivity contribution in [3.05, 3.63) is 75.5 Å². The third kappa shape index (κ3) is 4.19. The smallest absolute Gasteiger partial charge is 0.343 e. The van der Waals surface area contributed by atoms with Gasteiger partial charge in [0.15, 0.2) is 23.2 Å². The number of carbonyl (C=O) groups excluding carboxylic acids is 2. The van der Waals surface area contributed by atoms with Gasteiger partial charge in [0.1, 0.15) is 5.76 Å². The molecule has 0 atom stereocenters. The number of amidine groups is 2. The molecule has 4 rings (SSSR count). The normalized spacial score (nSPS) is 16.3. The molecule has 0 radical (unpaired) electrons. The number of hydrogen-bond acceptors (Lipinski definition) is 6. The van der Waals surface area contributed by atoms with Gasteiger partial charge in [-0.25, -0.2) is 4.79 Å². The molecule has 162 valence electrons. The molecule has 32 heavy (non-hydrogen) atoms. The van der Waals surface area contributed by atoms with Gasteiger partial charge in [-0.3, -0.25) is 10.2 Å². The van der Waals surface area contributed by atoms with Crippen molar-refractivity contribution in [3.63, 3.8) is 0 Å². The van der Waals surface area contributed by atoms with Gasteiger partial charge < -0.3 is 14.3 Å². The molecule has 2 heterocycles. The molecule has 9 heteroatoms. The molecule has 1 N–H and O–H groups in total. The average Bonchev–Trinajstić information content (AvgIpc) is 3.14. The number of fused-ring (bicyclic) bond motifs is 1. The van der Waals surface area contributed by atoms with Gasteiger partial charge in [0.05, 0.1) is 22.2 Å². The lowest BCUT2D eigenvalue weighted by Gasteiger charge is -2.23. The number of amides is 1. The van der Waals surface area contributed by atoms with Gasteiger partial charge in [0, 0.05) is 6.08 Å². The van der Waals surface area contributed by atoms with Crippen molar-refractivity contribution < 1.29 is 23.9 Å². The highest BCUT2D eigenvalue weighted by Crippen LogP contribution is 2.38. The van der Waals surface area contributed by atoms with Gasteiger partial charge in [-0.05, 0) is 65.7 Å². The summed E-state index contributed by atoms with van der Waals surface area (Å²) in [6, 6.07) is 11.9. The van der Waals surface area contributed by atoms with E-state index in [1.807, 2.05) is 6.07 Å². The van der Waals surface area contributed by atoms with E-state index in [4.69, 9.17) is 19.7 Å². The van der Waals surface area contributed by atoms with Crippen molar-refractivity contribution >= 4 is 45.6 Å². The molecule has 0 unspecified atom stereocenters. The van der Waals surface area contributed by atoms with Gasteiger partial charge in [-0.15, -0.1) is 5.06 Å². The highest BCUT2D eigenvalue weighted by atomic mass is 79.9. The van der Waals surface area contributed by atoms with Crippen LogP contribution in [0.2, 0.25) is 0 Å². The van der Waals surface area contributed by atoms with Crippen LogP contribution in [0.15, 0.2) is 69.3 Å². The van der Waals surface area contributed by atoms with E-state index in [1.54, 1.807) is 56.3 Å². The van der Waals surface area contributed by atoms with Gasteiger partial charge >= 0.3 is 5.97 Å². The van der Waals surface area contributed by atoms with Crippen LogP contribution in [0, 0.1) is 5.41 Å². The van der Waals surface area contributed by atoms with Crippen molar-refractivity contribution in [2.45, 2.75) is 13.8 Å². The van der Waals surface area contributed by atoms with Crippen LogP contribution < -0.4 is 9.47 Å². The molecule has 2 aromatic carbocycles. The fourth-order valence-electron chi connectivity index (χ4n) is 3.13. The number of hydrogen-bond donors (Lipinski definition) is 1. The van der Waals surface area contributed by atoms with Crippen LogP contribution in [0.5, 0.6) is 11.5 Å². The summed E-state index contributed by atoms with van der Waals surface area (Å²) in [5.74, 6) is 0.134. The Morgan fingerprint density at radius 2 is 2.03 bits per heavy atom. The molecule has 8 nitrogen and oxygen atoms in total. The Kier molecular flexibility index (Phi) is 5.91. The monoisotopic (exact) mass is 495 g/mol. The second-order valence-electron chi connectivity index (χ2n) is 6.84. The van der Waals surface area contributed by atoms with E-state index in [1.165, 1.54) is 11.1 Å². The minimum Gasteiger partial charge on any atom is -0.490 e. The van der Waals surface area contributed by atoms with Crippen LogP contribution in [0.4, 0.5) is 0 Å². The zero-order valence-corrected chi connectivity index (χ0v) is 18.8. The molecule has 0 saturated heterocycles. The fraction of sp³-hybridized carbons (Fsp3) is 0.130. The molecule has 0 fully saturated rings. The number of rotatable bonds is 5. The molecule has 0 aromatic heterocycles. The van der Waals surface area contributed by atoms with Crippen LogP contribution >= 0.6 is 15.9 Å². The van der Waals surface area contributed by atoms with Crippen LogP contribution in [0.25, 0.3) is 6.08 Å². The molecule has 2 aliphatic rings. The number of nitrogens with one attached hydrogen (secondary N) is 1. The van der Waals surface area contributed by atoms with Gasteiger partial charge in [0.25, 0.3) is 5.91 Å². The van der Waals surface area contributed by atoms with E-state index in [0.717, 1.165) is 0 Å². The van der Waals surface area contributed by atoms with Crippen molar-refractivity contribution in [2.24, 2.45) is 4.99 Å². The van der Waals surface area contributed by atoms with Crippen LogP contribution in [0.1, 0.15) is 29.8 Å². The summed E-state index contributed by atoms with van der Waals surface area (Å²) in [5, 5.41) is 9.54. The lowest BCUT2D eigenvalue weighted by molar-refractivity contribution is -0.114. The van der Waals surface area contributed by atoms with Gasteiger partial charge in [-0.1, -0.05) is 18.2 Å². The van der Waals surface area contributed by atoms with Gasteiger partial charge in [0.2, 0.25) is 0 Å². The number of hydroxylamine groups is 2. The lowest BCUT2D eigenvalue weighted by Crippen LogP contribution is -2.38. The fourth-order valence-corrected chi connectivity index (χ4v) is 3.67. The first kappa shape index (κ1) is 21.5. The van der Waals surface area contributed by atoms with Crippen LogP contribution in [-0.2, 0) is 9.63 Å². The topological polar surface area (TPSA) is 101 Å². The molecular formula is C23H18BrN3O5. The van der Waals surface area contributed by atoms with E-state index >= 15 is 0 Å². The molecule has 2 aromatic rings. The predicted molar refractivity (Wildman–Crippen MR) is 122 cm³/mol. The second kappa shape index (κ2) is 8.80. The number of nitrogens with zero attached hydrogens (tertiary/aromatic N) is 2. The second-order valence-corrected chi connectivity index (χ2v) is 7.70. The first-order chi connectivity index (χ1) is 15.4. The summed E-state index contributed by atoms with van der Waals surface area (Å²) in [7, 11) is 0. The third-order valence-corrected chi connectivity index (χ3v) is 5.12. The van der Waals surface area contributed by atoms with E-state index in [0.29, 0.717) is 33.7 Å². The summed E-state index contributed by atoms with van der Waals surface area (Å²) in [4.78, 5) is 34.4. The van der Waals surface area contributed by atoms with E-state index in [2.05, 4.69) is 20.9 Å². The summed E-state index contributed by atoms with van der Waals surface area (Å²) >= 11 is 3.42. The summed E-state index contributed by atoms with van der Waals surface area (Å²) in [5.41, 5.74) is 1.01. The highest BCUT2D eigenvalue weighted by Gasteiger charge is 2.34. The number of ether oxygens (including phenoxy) is 2. The number of halogens is 1. The first-order valence-corrected chi connectivity index (χ1v) is 10.5. The Labute approximate surface area is 192 Å². The number of aliphatic imine (C=N–C) groups is 1. The first-order valence-electron chi connectivity index (χ1n) is 9.71. The maximum atomic E-state index is 12.5. The van der Waals surface area contributed by atoms with Crippen molar-refractivity contribution in [1.29, 1.82) is 5.41 Å². The highest BCUT2D eigenvalue weighted by molar-refractivity contribution is 9.10. The summed E-state index contributed by atoms with van der Waals surface area (Å²) < 4.78 is 11.7. The third-order valence-electron chi connectivity index (χ3n) is 4.53. The molecule has 0 spiro atoms. The van der Waals surface area contributed by atoms with E-state index in [9.17, 15) is 9.59 Å².